The molecule has 21 heavy (non-hydrogen) atoms. The summed E-state index contributed by atoms with van der Waals surface area (Å²) in [4.78, 5) is 18.6. The molecule has 0 N–H and O–H groups in total. The molecule has 2 aliphatic rings. The van der Waals surface area contributed by atoms with Crippen molar-refractivity contribution in [3.8, 4) is 0 Å². The smallest absolute Gasteiger partial charge is 0.248 e. The first-order valence-corrected chi connectivity index (χ1v) is 8.04. The number of carbonyl (C=O) groups excluding carboxylic acids is 1. The third kappa shape index (κ3) is 4.06. The van der Waals surface area contributed by atoms with E-state index in [2.05, 4.69) is 9.55 Å². The van der Waals surface area contributed by atoms with Crippen molar-refractivity contribution in [1.29, 1.82) is 0 Å². The largest absolute Gasteiger partial charge is 0.371 e. The monoisotopic (exact) mass is 291 g/mol. The zero-order valence-electron chi connectivity index (χ0n) is 12.8. The Hall–Kier alpha value is -1.36. The van der Waals surface area contributed by atoms with Crippen LogP contribution in [0.15, 0.2) is 12.4 Å². The van der Waals surface area contributed by atoms with Gasteiger partial charge in [0, 0.05) is 39.0 Å². The van der Waals surface area contributed by atoms with E-state index in [0.717, 1.165) is 44.3 Å². The summed E-state index contributed by atoms with van der Waals surface area (Å²) in [5.41, 5.74) is 0. The molecule has 2 fully saturated rings. The minimum Gasteiger partial charge on any atom is -0.371 e. The van der Waals surface area contributed by atoms with Crippen LogP contribution in [0.1, 0.15) is 31.5 Å². The zero-order valence-corrected chi connectivity index (χ0v) is 12.8. The lowest BCUT2D eigenvalue weighted by Gasteiger charge is -2.32. The van der Waals surface area contributed by atoms with E-state index in [-0.39, 0.29) is 12.5 Å². The third-order valence-corrected chi connectivity index (χ3v) is 4.54. The van der Waals surface area contributed by atoms with Crippen molar-refractivity contribution in [2.24, 2.45) is 18.9 Å². The van der Waals surface area contributed by atoms with Crippen LogP contribution >= 0.6 is 0 Å². The minimum atomic E-state index is 0.153. The fourth-order valence-electron chi connectivity index (χ4n) is 3.00. The van der Waals surface area contributed by atoms with Gasteiger partial charge in [0.2, 0.25) is 5.91 Å². The molecule has 5 nitrogen and oxygen atoms in total. The van der Waals surface area contributed by atoms with E-state index in [4.69, 9.17) is 4.74 Å². The predicted molar refractivity (Wildman–Crippen MR) is 79.8 cm³/mol. The molecule has 1 saturated heterocycles. The Morgan fingerprint density at radius 2 is 2.24 bits per heavy atom. The van der Waals surface area contributed by atoms with Crippen LogP contribution in [0.5, 0.6) is 0 Å². The molecule has 1 aliphatic heterocycles. The van der Waals surface area contributed by atoms with Crippen LogP contribution in [-0.4, -0.2) is 46.7 Å². The number of ether oxygens (including phenoxy) is 1. The lowest BCUT2D eigenvalue weighted by molar-refractivity contribution is -0.138. The number of amides is 1. The van der Waals surface area contributed by atoms with E-state index in [9.17, 15) is 4.79 Å². The average Bonchev–Trinajstić information content (AvgIpc) is 3.23. The van der Waals surface area contributed by atoms with Crippen LogP contribution in [0.4, 0.5) is 0 Å². The van der Waals surface area contributed by atoms with Crippen LogP contribution in [0, 0.1) is 11.8 Å². The first-order chi connectivity index (χ1) is 10.2. The standard InChI is InChI=1S/C16H25N3O2/c1-18-8-6-17-15(18)9-14-3-2-7-19(10-14)16(20)12-21-11-13-4-5-13/h6,8,13-14H,2-5,7,9-12H2,1H3. The Balaban J connectivity index is 1.45. The number of imidazole rings is 1. The van der Waals surface area contributed by atoms with E-state index in [1.807, 2.05) is 24.3 Å². The molecule has 1 amide bonds. The summed E-state index contributed by atoms with van der Waals surface area (Å²) < 4.78 is 7.59. The molecular formula is C16H25N3O2. The number of hydrogen-bond donors (Lipinski definition) is 0. The van der Waals surface area contributed by atoms with Gasteiger partial charge >= 0.3 is 0 Å². The van der Waals surface area contributed by atoms with Crippen molar-refractivity contribution in [3.05, 3.63) is 18.2 Å². The Bertz CT molecular complexity index is 482. The lowest BCUT2D eigenvalue weighted by atomic mass is 9.94. The lowest BCUT2D eigenvalue weighted by Crippen LogP contribution is -2.42. The van der Waals surface area contributed by atoms with Crippen LogP contribution in [0.2, 0.25) is 0 Å². The van der Waals surface area contributed by atoms with Gasteiger partial charge < -0.3 is 14.2 Å². The van der Waals surface area contributed by atoms with Crippen molar-refractivity contribution < 1.29 is 9.53 Å². The number of aromatic nitrogens is 2. The molecule has 1 aromatic heterocycles. The normalized spacial score (nSPS) is 22.5. The summed E-state index contributed by atoms with van der Waals surface area (Å²) in [5.74, 6) is 2.50. The fraction of sp³-hybridized carbons (Fsp3) is 0.750. The molecule has 1 atom stereocenters. The number of nitrogens with zero attached hydrogens (tertiary/aromatic N) is 3. The highest BCUT2D eigenvalue weighted by Gasteiger charge is 2.26. The van der Waals surface area contributed by atoms with Gasteiger partial charge in [-0.1, -0.05) is 0 Å². The molecule has 1 saturated carbocycles. The molecule has 5 heteroatoms. The SMILES string of the molecule is Cn1ccnc1CC1CCCN(C(=O)COCC2CC2)C1. The molecule has 2 heterocycles. The summed E-state index contributed by atoms with van der Waals surface area (Å²) in [5, 5.41) is 0. The number of piperidine rings is 1. The Labute approximate surface area is 126 Å². The number of aryl methyl sites for hydroxylation is 1. The highest BCUT2D eigenvalue weighted by atomic mass is 16.5. The molecule has 3 rings (SSSR count). The Morgan fingerprint density at radius 3 is 2.95 bits per heavy atom. The van der Waals surface area contributed by atoms with Gasteiger partial charge in [0.25, 0.3) is 0 Å². The third-order valence-electron chi connectivity index (χ3n) is 4.54. The number of hydrogen-bond acceptors (Lipinski definition) is 3. The van der Waals surface area contributed by atoms with Crippen molar-refractivity contribution in [1.82, 2.24) is 14.5 Å². The van der Waals surface area contributed by atoms with Gasteiger partial charge in [0.15, 0.2) is 0 Å². The molecule has 0 spiro atoms. The highest BCUT2D eigenvalue weighted by Crippen LogP contribution is 2.28. The van der Waals surface area contributed by atoms with Gasteiger partial charge in [-0.3, -0.25) is 4.79 Å². The predicted octanol–water partition coefficient (Wildman–Crippen LogP) is 1.63. The van der Waals surface area contributed by atoms with Gasteiger partial charge in [-0.25, -0.2) is 4.98 Å². The summed E-state index contributed by atoms with van der Waals surface area (Å²) in [6.07, 6.45) is 9.58. The average molecular weight is 291 g/mol. The summed E-state index contributed by atoms with van der Waals surface area (Å²) in [7, 11) is 2.03. The molecular weight excluding hydrogens is 266 g/mol. The quantitative estimate of drug-likeness (QED) is 0.800. The van der Waals surface area contributed by atoms with Crippen molar-refractivity contribution in [2.45, 2.75) is 32.1 Å². The van der Waals surface area contributed by atoms with Gasteiger partial charge in [-0.05, 0) is 37.5 Å². The zero-order chi connectivity index (χ0) is 14.7. The first kappa shape index (κ1) is 14.6. The maximum atomic E-state index is 12.2. The second kappa shape index (κ2) is 6.60. The minimum absolute atomic E-state index is 0.153. The fourth-order valence-corrected chi connectivity index (χ4v) is 3.00. The number of likely N-dealkylation sites (tertiary alicyclic amines) is 1. The molecule has 0 radical (unpaired) electrons. The first-order valence-electron chi connectivity index (χ1n) is 8.04. The van der Waals surface area contributed by atoms with E-state index >= 15 is 0 Å². The summed E-state index contributed by atoms with van der Waals surface area (Å²) in [6.45, 7) is 2.74. The van der Waals surface area contributed by atoms with Crippen LogP contribution < -0.4 is 0 Å². The van der Waals surface area contributed by atoms with Crippen LogP contribution in [0.3, 0.4) is 0 Å². The molecule has 1 aliphatic carbocycles. The molecule has 0 aromatic carbocycles. The topological polar surface area (TPSA) is 47.4 Å². The van der Waals surface area contributed by atoms with E-state index < -0.39 is 0 Å². The molecule has 1 unspecified atom stereocenters. The molecule has 1 aromatic rings. The molecule has 116 valence electrons. The van der Waals surface area contributed by atoms with Gasteiger partial charge in [-0.15, -0.1) is 0 Å². The number of carbonyl (C=O) groups is 1. The van der Waals surface area contributed by atoms with E-state index in [0.29, 0.717) is 5.92 Å². The summed E-state index contributed by atoms with van der Waals surface area (Å²) in [6, 6.07) is 0. The molecule has 0 bridgehead atoms. The number of rotatable bonds is 6. The van der Waals surface area contributed by atoms with Crippen LogP contribution in [-0.2, 0) is 23.0 Å². The maximum Gasteiger partial charge on any atom is 0.248 e. The van der Waals surface area contributed by atoms with Gasteiger partial charge in [0.1, 0.15) is 12.4 Å². The highest BCUT2D eigenvalue weighted by molar-refractivity contribution is 5.77. The van der Waals surface area contributed by atoms with E-state index in [1.54, 1.807) is 0 Å². The Morgan fingerprint density at radius 1 is 1.38 bits per heavy atom. The van der Waals surface area contributed by atoms with Gasteiger partial charge in [0.05, 0.1) is 6.61 Å². The van der Waals surface area contributed by atoms with E-state index in [1.165, 1.54) is 19.3 Å². The second-order valence-corrected chi connectivity index (χ2v) is 6.47. The van der Waals surface area contributed by atoms with Gasteiger partial charge in [-0.2, -0.15) is 0 Å². The van der Waals surface area contributed by atoms with Crippen LogP contribution in [0.25, 0.3) is 0 Å². The summed E-state index contributed by atoms with van der Waals surface area (Å²) >= 11 is 0. The van der Waals surface area contributed by atoms with Crippen molar-refractivity contribution >= 4 is 5.91 Å². The second-order valence-electron chi connectivity index (χ2n) is 6.47. The Kier molecular flexibility index (Phi) is 4.58. The van der Waals surface area contributed by atoms with Crippen molar-refractivity contribution in [3.63, 3.8) is 0 Å². The maximum absolute atomic E-state index is 12.2. The van der Waals surface area contributed by atoms with Crippen molar-refractivity contribution in [2.75, 3.05) is 26.3 Å².